The highest BCUT2D eigenvalue weighted by molar-refractivity contribution is 7.21. The highest BCUT2D eigenvalue weighted by Gasteiger charge is 2.14. The van der Waals surface area contributed by atoms with Crippen LogP contribution in [0.25, 0.3) is 20.9 Å². The summed E-state index contributed by atoms with van der Waals surface area (Å²) in [6, 6.07) is 10.4. The maximum atomic E-state index is 13.3. The minimum absolute atomic E-state index is 0.00449. The average Bonchev–Trinajstić information content (AvgIpc) is 3.10. The van der Waals surface area contributed by atoms with E-state index < -0.39 is 10.7 Å². The summed E-state index contributed by atoms with van der Waals surface area (Å²) in [5, 5.41) is 14.5. The summed E-state index contributed by atoms with van der Waals surface area (Å²) in [5.41, 5.74) is 1.84. The molecule has 0 aliphatic heterocycles. The lowest BCUT2D eigenvalue weighted by Crippen LogP contribution is -1.96. The van der Waals surface area contributed by atoms with E-state index in [0.29, 0.717) is 26.9 Å². The molecule has 1 N–H and O–H groups in total. The molecule has 0 amide bonds. The fourth-order valence-electron chi connectivity index (χ4n) is 2.41. The highest BCUT2D eigenvalue weighted by Crippen LogP contribution is 2.33. The van der Waals surface area contributed by atoms with Crippen molar-refractivity contribution in [2.75, 3.05) is 5.32 Å². The first kappa shape index (κ1) is 17.3. The lowest BCUT2D eigenvalue weighted by molar-refractivity contribution is -0.384. The van der Waals surface area contributed by atoms with Crippen molar-refractivity contribution in [3.63, 3.8) is 0 Å². The van der Waals surface area contributed by atoms with Crippen LogP contribution in [0.1, 0.15) is 0 Å². The Bertz CT molecular complexity index is 1170. The summed E-state index contributed by atoms with van der Waals surface area (Å²) in [6.45, 7) is 0. The van der Waals surface area contributed by atoms with E-state index in [0.717, 1.165) is 5.56 Å². The van der Waals surface area contributed by atoms with Gasteiger partial charge in [-0.2, -0.15) is 0 Å². The first-order valence-corrected chi connectivity index (χ1v) is 8.79. The Labute approximate surface area is 160 Å². The fourth-order valence-corrected chi connectivity index (χ4v) is 3.50. The van der Waals surface area contributed by atoms with Crippen LogP contribution in [-0.4, -0.2) is 19.9 Å². The molecule has 2 aromatic heterocycles. The van der Waals surface area contributed by atoms with Crippen molar-refractivity contribution in [1.82, 2.24) is 15.0 Å². The van der Waals surface area contributed by atoms with Crippen LogP contribution in [0.2, 0.25) is 5.02 Å². The van der Waals surface area contributed by atoms with Crippen molar-refractivity contribution in [3.8, 4) is 10.6 Å². The average molecular weight is 402 g/mol. The second kappa shape index (κ2) is 6.86. The summed E-state index contributed by atoms with van der Waals surface area (Å²) >= 11 is 7.14. The molecule has 0 radical (unpaired) electrons. The van der Waals surface area contributed by atoms with Crippen molar-refractivity contribution < 1.29 is 9.31 Å². The molecule has 4 rings (SSSR count). The van der Waals surface area contributed by atoms with Crippen molar-refractivity contribution in [1.29, 1.82) is 0 Å². The van der Waals surface area contributed by atoms with Crippen molar-refractivity contribution >= 4 is 50.5 Å². The summed E-state index contributed by atoms with van der Waals surface area (Å²) in [7, 11) is 0. The predicted octanol–water partition coefficient (Wildman–Crippen LogP) is 5.20. The largest absolute Gasteiger partial charge is 0.338 e. The van der Waals surface area contributed by atoms with Gasteiger partial charge in [0.1, 0.15) is 27.5 Å². The number of nitro benzene ring substituents is 1. The van der Waals surface area contributed by atoms with Crippen LogP contribution in [0.5, 0.6) is 0 Å². The normalized spacial score (nSPS) is 10.9. The Morgan fingerprint density at radius 1 is 1.15 bits per heavy atom. The van der Waals surface area contributed by atoms with Gasteiger partial charge in [-0.3, -0.25) is 10.1 Å². The van der Waals surface area contributed by atoms with E-state index in [-0.39, 0.29) is 10.7 Å². The van der Waals surface area contributed by atoms with E-state index in [1.165, 1.54) is 41.9 Å². The van der Waals surface area contributed by atoms with Crippen LogP contribution in [0.15, 0.2) is 48.8 Å². The van der Waals surface area contributed by atoms with Gasteiger partial charge in [-0.1, -0.05) is 22.9 Å². The first-order valence-electron chi connectivity index (χ1n) is 7.60. The number of hydrogen-bond acceptors (Lipinski definition) is 7. The Kier molecular flexibility index (Phi) is 4.38. The molecule has 0 aliphatic rings. The van der Waals surface area contributed by atoms with Crippen LogP contribution in [0, 0.1) is 15.9 Å². The van der Waals surface area contributed by atoms with Crippen molar-refractivity contribution in [2.45, 2.75) is 0 Å². The van der Waals surface area contributed by atoms with E-state index >= 15 is 0 Å². The van der Waals surface area contributed by atoms with E-state index in [2.05, 4.69) is 20.3 Å². The number of non-ortho nitro benzene ring substituents is 1. The lowest BCUT2D eigenvalue weighted by atomic mass is 10.2. The van der Waals surface area contributed by atoms with E-state index in [1.54, 1.807) is 18.2 Å². The minimum Gasteiger partial charge on any atom is -0.338 e. The number of rotatable bonds is 4. The Balaban J connectivity index is 1.71. The number of aromatic nitrogens is 3. The highest BCUT2D eigenvalue weighted by atomic mass is 35.5. The second-order valence-electron chi connectivity index (χ2n) is 5.45. The maximum Gasteiger partial charge on any atom is 0.269 e. The lowest BCUT2D eigenvalue weighted by Gasteiger charge is -2.06. The van der Waals surface area contributed by atoms with Gasteiger partial charge in [-0.05, 0) is 30.3 Å². The van der Waals surface area contributed by atoms with Crippen LogP contribution in [0.4, 0.5) is 21.6 Å². The van der Waals surface area contributed by atoms with Gasteiger partial charge in [0.25, 0.3) is 5.69 Å². The zero-order valence-corrected chi connectivity index (χ0v) is 15.0. The van der Waals surface area contributed by atoms with Gasteiger partial charge in [0.2, 0.25) is 0 Å². The maximum absolute atomic E-state index is 13.3. The van der Waals surface area contributed by atoms with Gasteiger partial charge < -0.3 is 5.32 Å². The Morgan fingerprint density at radius 3 is 2.63 bits per heavy atom. The van der Waals surface area contributed by atoms with E-state index in [4.69, 9.17) is 11.6 Å². The molecule has 2 heterocycles. The second-order valence-corrected chi connectivity index (χ2v) is 6.84. The summed E-state index contributed by atoms with van der Waals surface area (Å²) < 4.78 is 13.3. The first-order chi connectivity index (χ1) is 13.0. The number of hydrogen-bond donors (Lipinski definition) is 1. The van der Waals surface area contributed by atoms with Crippen LogP contribution in [-0.2, 0) is 0 Å². The topological polar surface area (TPSA) is 93.8 Å². The Hall–Kier alpha value is -3.17. The third-order valence-corrected chi connectivity index (χ3v) is 5.00. The van der Waals surface area contributed by atoms with Crippen LogP contribution < -0.4 is 5.32 Å². The molecule has 0 aliphatic carbocycles. The molecule has 0 spiro atoms. The van der Waals surface area contributed by atoms with Gasteiger partial charge in [0.05, 0.1) is 9.95 Å². The number of nitro groups is 1. The summed E-state index contributed by atoms with van der Waals surface area (Å²) in [6.07, 6.45) is 1.40. The number of thiazole rings is 1. The molecular formula is C17H9ClFN5O2S. The van der Waals surface area contributed by atoms with Gasteiger partial charge in [-0.15, -0.1) is 0 Å². The molecule has 134 valence electrons. The zero-order chi connectivity index (χ0) is 19.0. The van der Waals surface area contributed by atoms with Crippen LogP contribution in [0.3, 0.4) is 0 Å². The molecule has 10 heteroatoms. The molecule has 0 fully saturated rings. The standard InChI is InChI=1S/C17H9ClFN5O2S/c18-12-7-10(3-6-13(12)19)22-15-14-17(21-8-20-15)27-16(23-14)9-1-4-11(5-2-9)24(25)26/h1-8H,(H,20,21,22). The van der Waals surface area contributed by atoms with Crippen molar-refractivity contribution in [3.05, 3.63) is 69.7 Å². The fraction of sp³-hybridized carbons (Fsp3) is 0. The van der Waals surface area contributed by atoms with Gasteiger partial charge >= 0.3 is 0 Å². The molecule has 7 nitrogen and oxygen atoms in total. The third-order valence-electron chi connectivity index (χ3n) is 3.70. The SMILES string of the molecule is O=[N+]([O-])c1ccc(-c2nc3c(Nc4ccc(F)c(Cl)c4)ncnc3s2)cc1. The summed E-state index contributed by atoms with van der Waals surface area (Å²) in [5.74, 6) is -0.0590. The molecule has 27 heavy (non-hydrogen) atoms. The number of halogens is 2. The third kappa shape index (κ3) is 3.42. The molecule has 0 unspecified atom stereocenters. The quantitative estimate of drug-likeness (QED) is 0.373. The van der Waals surface area contributed by atoms with Crippen LogP contribution >= 0.6 is 22.9 Å². The Morgan fingerprint density at radius 2 is 1.93 bits per heavy atom. The number of nitrogens with zero attached hydrogens (tertiary/aromatic N) is 4. The molecule has 0 saturated heterocycles. The molecular weight excluding hydrogens is 393 g/mol. The molecule has 4 aromatic rings. The van der Waals surface area contributed by atoms with Gasteiger partial charge in [-0.25, -0.2) is 19.3 Å². The number of fused-ring (bicyclic) bond motifs is 1. The number of nitrogens with one attached hydrogen (secondary N) is 1. The minimum atomic E-state index is -0.510. The molecule has 2 aromatic carbocycles. The predicted molar refractivity (Wildman–Crippen MR) is 102 cm³/mol. The van der Waals surface area contributed by atoms with E-state index in [9.17, 15) is 14.5 Å². The molecule has 0 saturated carbocycles. The zero-order valence-electron chi connectivity index (χ0n) is 13.4. The van der Waals surface area contributed by atoms with Gasteiger partial charge in [0.15, 0.2) is 5.82 Å². The van der Waals surface area contributed by atoms with Crippen molar-refractivity contribution in [2.24, 2.45) is 0 Å². The monoisotopic (exact) mass is 401 g/mol. The smallest absolute Gasteiger partial charge is 0.269 e. The summed E-state index contributed by atoms with van der Waals surface area (Å²) in [4.78, 5) is 23.9. The number of anilines is 2. The van der Waals surface area contributed by atoms with Gasteiger partial charge in [0, 0.05) is 23.4 Å². The molecule has 0 atom stereocenters. The van der Waals surface area contributed by atoms with E-state index in [1.807, 2.05) is 0 Å². The number of benzene rings is 2. The molecule has 0 bridgehead atoms.